The highest BCUT2D eigenvalue weighted by Crippen LogP contribution is 2.58. The van der Waals surface area contributed by atoms with Gasteiger partial charge < -0.3 is 51.3 Å². The maximum Gasteiger partial charge on any atom is 0.602 e. The summed E-state index contributed by atoms with van der Waals surface area (Å²) in [7, 11) is -2.51. The summed E-state index contributed by atoms with van der Waals surface area (Å²) in [6.07, 6.45) is -3.73. The molecule has 0 amide bonds. The number of pyridine rings is 3. The number of rotatable bonds is 27. The number of likely N-dealkylation sites (N-methyl/N-ethyl adjacent to an activating group) is 1. The number of hydrogen-bond acceptors (Lipinski definition) is 26. The van der Waals surface area contributed by atoms with E-state index in [9.17, 15) is 75.6 Å². The molecule has 3 aliphatic carbocycles. The largest absolute Gasteiger partial charge is 0.602 e. The number of aromatic nitrogens is 6. The molecule has 32 nitrogen and oxygen atoms in total. The Kier molecular flexibility index (Phi) is 28.9. The zero-order valence-electron chi connectivity index (χ0n) is 76.3. The van der Waals surface area contributed by atoms with E-state index in [4.69, 9.17) is 51.3 Å². The van der Waals surface area contributed by atoms with E-state index < -0.39 is 84.3 Å². The number of methoxy groups -OCH3 is 6. The summed E-state index contributed by atoms with van der Waals surface area (Å²) in [6, 6.07) is 61.8. The number of ether oxygens (including phenoxy) is 6. The summed E-state index contributed by atoms with van der Waals surface area (Å²) in [5.41, 5.74) is 4.34. The van der Waals surface area contributed by atoms with E-state index in [2.05, 4.69) is 38.3 Å². The van der Waals surface area contributed by atoms with Gasteiger partial charge in [0.05, 0.1) is 136 Å². The van der Waals surface area contributed by atoms with Crippen molar-refractivity contribution < 1.29 is 112 Å². The van der Waals surface area contributed by atoms with Crippen LogP contribution >= 0.6 is 15.9 Å². The van der Waals surface area contributed by atoms with E-state index >= 15 is 0 Å². The third-order valence-corrected chi connectivity index (χ3v) is 30.0. The third-order valence-electron chi connectivity index (χ3n) is 24.2. The molecule has 1 saturated heterocycles. The molecule has 7 heterocycles. The van der Waals surface area contributed by atoms with E-state index in [-0.39, 0.29) is 113 Å². The molecule has 0 unspecified atom stereocenters. The molecule has 6 aromatic heterocycles. The first-order valence-electron chi connectivity index (χ1n) is 43.5. The Morgan fingerprint density at radius 3 is 0.986 bits per heavy atom. The van der Waals surface area contributed by atoms with Crippen molar-refractivity contribution >= 4 is 115 Å². The number of hydrogen-bond donors (Lipinski definition) is 0. The van der Waals surface area contributed by atoms with E-state index in [0.29, 0.717) is 101 Å². The molecule has 3 saturated carbocycles. The average molecular weight is 2060 g/mol. The van der Waals surface area contributed by atoms with Crippen molar-refractivity contribution in [2.75, 3.05) is 75.7 Å². The van der Waals surface area contributed by atoms with Crippen molar-refractivity contribution in [1.29, 1.82) is 0 Å². The van der Waals surface area contributed by atoms with Gasteiger partial charge in [-0.3, -0.25) is 42.6 Å². The molecule has 43 heteroatoms. The number of carbonyl (C=O) groups is 2. The molecule has 0 radical (unpaired) electrons. The highest BCUT2D eigenvalue weighted by molar-refractivity contribution is 9.10. The zero-order valence-corrected chi connectivity index (χ0v) is 80.3. The highest BCUT2D eigenvalue weighted by atomic mass is 79.9. The van der Waals surface area contributed by atoms with Crippen LogP contribution in [0.3, 0.4) is 0 Å². The van der Waals surface area contributed by atoms with Crippen LogP contribution < -0.4 is 58.0 Å². The first kappa shape index (κ1) is 99.3. The fourth-order valence-electron chi connectivity index (χ4n) is 16.5. The lowest BCUT2D eigenvalue weighted by atomic mass is 9.80. The molecule has 141 heavy (non-hydrogen) atoms. The Balaban J connectivity index is 0.000000142. The van der Waals surface area contributed by atoms with Gasteiger partial charge in [-0.15, -0.1) is 0 Å². The van der Waals surface area contributed by atoms with Gasteiger partial charge in [0.1, 0.15) is 53.3 Å². The molecule has 4 aliphatic rings. The van der Waals surface area contributed by atoms with E-state index in [1.54, 1.807) is 146 Å². The molecule has 19 rings (SSSR count). The maximum absolute atomic E-state index is 14.0. The molecular weight excluding hydrogens is 1970 g/mol. The van der Waals surface area contributed by atoms with Crippen LogP contribution in [-0.4, -0.2) is 154 Å². The van der Waals surface area contributed by atoms with Crippen molar-refractivity contribution in [1.82, 2.24) is 34.1 Å². The van der Waals surface area contributed by atoms with Crippen molar-refractivity contribution in [3.8, 4) is 51.6 Å². The van der Waals surface area contributed by atoms with Crippen molar-refractivity contribution in [2.24, 2.45) is 17.8 Å². The second-order valence-electron chi connectivity index (χ2n) is 33.4. The molecular formula is C98H88BBrF6N10O22S3. The van der Waals surface area contributed by atoms with Gasteiger partial charge in [0.15, 0.2) is 17.5 Å². The Labute approximate surface area is 811 Å². The van der Waals surface area contributed by atoms with Gasteiger partial charge >= 0.3 is 31.4 Å². The zero-order chi connectivity index (χ0) is 100. The summed E-state index contributed by atoms with van der Waals surface area (Å²) in [4.78, 5) is 63.4. The van der Waals surface area contributed by atoms with Crippen LogP contribution in [0.25, 0.3) is 49.8 Å². The van der Waals surface area contributed by atoms with E-state index in [1.165, 1.54) is 182 Å². The summed E-state index contributed by atoms with van der Waals surface area (Å²) >= 11 is 3.41. The number of fused-ring (bicyclic) bond motifs is 3. The Morgan fingerprint density at radius 2 is 0.709 bits per heavy atom. The third kappa shape index (κ3) is 21.9. The van der Waals surface area contributed by atoms with Gasteiger partial charge in [-0.2, -0.15) is 26.3 Å². The number of anilines is 3. The first-order chi connectivity index (χ1) is 67.4. The Morgan fingerprint density at radius 1 is 0.397 bits per heavy atom. The topological polar surface area (TPSA) is 367 Å². The normalized spacial score (nSPS) is 16.9. The van der Waals surface area contributed by atoms with Gasteiger partial charge in [-0.05, 0) is 224 Å². The van der Waals surface area contributed by atoms with Crippen LogP contribution in [-0.2, 0) is 68.6 Å². The van der Waals surface area contributed by atoms with Crippen molar-refractivity contribution in [3.63, 3.8) is 0 Å². The predicted octanol–water partition coefficient (Wildman–Crippen LogP) is 17.2. The molecule has 9 aromatic carbocycles. The maximum atomic E-state index is 14.0. The molecule has 0 N–H and O–H groups in total. The van der Waals surface area contributed by atoms with Gasteiger partial charge in [0.2, 0.25) is 0 Å². The summed E-state index contributed by atoms with van der Waals surface area (Å²) in [5.74, 6) is -0.974. The van der Waals surface area contributed by atoms with Crippen molar-refractivity contribution in [2.45, 2.75) is 90.5 Å². The fourth-order valence-corrected chi connectivity index (χ4v) is 21.1. The minimum atomic E-state index is -4.28. The van der Waals surface area contributed by atoms with Crippen LogP contribution in [0.15, 0.2) is 302 Å². The smallest absolute Gasteiger partial charge is 0.498 e. The van der Waals surface area contributed by atoms with Crippen LogP contribution in [0.4, 0.5) is 43.8 Å². The molecule has 15 aromatic rings. The number of halogens is 7. The van der Waals surface area contributed by atoms with Gasteiger partial charge in [-0.1, -0.05) is 86.9 Å². The molecule has 0 spiro atoms. The quantitative estimate of drug-likeness (QED) is 0.0341. The van der Waals surface area contributed by atoms with Gasteiger partial charge in [-0.25, -0.2) is 38.2 Å². The van der Waals surface area contributed by atoms with Gasteiger partial charge in [0.25, 0.3) is 46.7 Å². The SMILES string of the molecule is COc1ccc(CN(c2ccon2)S(=O)(=O)c2ccc3c(ccc(=O)n3-c3ccc(Br)cc3OC)c2)cc1.COc1ccc(CN(c2ccon2)S(=O)(=O)c2ccc3c(ccc(=O)n3-c3ccc([C@@H]4C[C@H]4C(F)(F)F)cc3OC)c2)cc1.COc1ccc(CN(c2ccon2)S(=O)(=O)c2ccc3c(ccc(=O)n3-c3ccc([C@H]4C[C@@H]4C(F)(F)F)cc3OC)c2)cc1.C[C@@H]1C[C@H]1B1OC(=O)CN(C)CC(=O)O1. The number of benzene rings is 9. The summed E-state index contributed by atoms with van der Waals surface area (Å²) < 4.78 is 228. The summed E-state index contributed by atoms with van der Waals surface area (Å²) in [6.45, 7) is 2.27. The molecule has 6 atom stereocenters. The second kappa shape index (κ2) is 41.0. The lowest BCUT2D eigenvalue weighted by Gasteiger charge is -2.22. The number of alkyl halides is 6. The lowest BCUT2D eigenvalue weighted by molar-refractivity contribution is -0.149. The Bertz CT molecular complexity index is 7400. The first-order valence-corrected chi connectivity index (χ1v) is 48.6. The standard InChI is InChI=1S/2C31H26F3N3O6S.C27H22BrN3O6S.C9H14BNO4/c2*1-41-22-7-3-19(4-8-22)18-36(29-13-14-43-35-29)44(39,40)23-9-11-26-21(15-23)6-12-30(38)37(26)27-10-5-20(16-28(27)42-2)24-17-25(24)31(32,33)34;1-35-21-7-3-18(4-8-21)17-30(26-13-14-37-29-26)38(33,34)22-9-11-23-19(15-22)5-12-27(32)31(23)24-10-6-20(28)16-25(24)36-2;1-6-3-7(6)10-14-8(12)4-11(2)5-9(13)15-10/h2*3-16,24-25H,17-18H2,1-2H3;3-16H,17H2,1-2H3;6-7H,3-5H2,1-2H3/t2*24-,25+;;6-,7-/m10.1/s1. The molecule has 1 aliphatic heterocycles. The monoisotopic (exact) mass is 2060 g/mol. The molecule has 4 fully saturated rings. The van der Waals surface area contributed by atoms with Crippen LogP contribution in [0, 0.1) is 17.8 Å². The van der Waals surface area contributed by atoms with Crippen LogP contribution in [0.1, 0.15) is 65.8 Å². The second-order valence-corrected chi connectivity index (χ2v) is 39.9. The molecule has 0 bridgehead atoms. The van der Waals surface area contributed by atoms with Crippen molar-refractivity contribution in [3.05, 3.63) is 319 Å². The average Bonchev–Trinajstić information content (AvgIpc) is 1.65. The lowest BCUT2D eigenvalue weighted by Crippen LogP contribution is -2.42. The van der Waals surface area contributed by atoms with E-state index in [1.807, 2.05) is 0 Å². The predicted molar refractivity (Wildman–Crippen MR) is 511 cm³/mol. The molecule has 732 valence electrons. The minimum Gasteiger partial charge on any atom is -0.498 e. The van der Waals surface area contributed by atoms with E-state index in [0.717, 1.165) is 25.1 Å². The number of nitrogens with zero attached hydrogens (tertiary/aromatic N) is 10. The summed E-state index contributed by atoms with van der Waals surface area (Å²) in [5, 5.41) is 13.0. The highest BCUT2D eigenvalue weighted by Gasteiger charge is 2.58. The minimum absolute atomic E-state index is 0.00128. The van der Waals surface area contributed by atoms with Gasteiger partial charge in [0, 0.05) is 62.8 Å². The number of carbonyl (C=O) groups excluding carboxylic acids is 2. The fraction of sp³-hybridized carbons (Fsp3) is 0.245. The Hall–Kier alpha value is -14.7. The number of sulfonamides is 3. The van der Waals surface area contributed by atoms with Crippen LogP contribution in [0.5, 0.6) is 34.5 Å². The van der Waals surface area contributed by atoms with Crippen LogP contribution in [0.2, 0.25) is 5.82 Å².